The van der Waals surface area contributed by atoms with Gasteiger partial charge in [0.2, 0.25) is 5.91 Å². The first-order valence-corrected chi connectivity index (χ1v) is 6.39. The third-order valence-corrected chi connectivity index (χ3v) is 3.73. The number of fused-ring (bicyclic) bond motifs is 1. The van der Waals surface area contributed by atoms with Crippen LogP contribution in [-0.2, 0) is 16.1 Å². The number of hydrazone groups is 1. The molecule has 20 heavy (non-hydrogen) atoms. The number of hydrogen-bond donors (Lipinski definition) is 1. The molecule has 6 nitrogen and oxygen atoms in total. The Balaban J connectivity index is 1.79. The Morgan fingerprint density at radius 3 is 2.55 bits per heavy atom. The van der Waals surface area contributed by atoms with Gasteiger partial charge in [0.15, 0.2) is 0 Å². The lowest BCUT2D eigenvalue weighted by Gasteiger charge is -2.15. The highest BCUT2D eigenvalue weighted by Gasteiger charge is 2.51. The number of rotatable bonds is 3. The highest BCUT2D eigenvalue weighted by molar-refractivity contribution is 6.18. The zero-order valence-corrected chi connectivity index (χ0v) is 11.3. The predicted octanol–water partition coefficient (Wildman–Crippen LogP) is 0.528. The Hall–Kier alpha value is -2.37. The van der Waals surface area contributed by atoms with E-state index in [9.17, 15) is 9.59 Å². The van der Waals surface area contributed by atoms with Crippen LogP contribution in [0.3, 0.4) is 0 Å². The molecule has 3 rings (SSSR count). The van der Waals surface area contributed by atoms with Crippen LogP contribution in [0.5, 0.6) is 5.75 Å². The number of ether oxygens (including phenoxy) is 1. The molecule has 2 aliphatic rings. The first kappa shape index (κ1) is 12.7. The summed E-state index contributed by atoms with van der Waals surface area (Å²) in [6.45, 7) is 2.04. The standard InChI is InChI=1S/C14H15N3O3/c1-8-11-12(16-15-8)14(19)17(13(11)18)7-9-3-5-10(20-2)6-4-9/h3-6,11-12,16H,7H2,1-2H3/t11-,12-/m0/s1. The van der Waals surface area contributed by atoms with Crippen molar-refractivity contribution in [3.63, 3.8) is 0 Å². The SMILES string of the molecule is COc1ccc(CN2C(=O)[C@H]3C(C)=NN[C@@H]3C2=O)cc1. The highest BCUT2D eigenvalue weighted by atomic mass is 16.5. The maximum absolute atomic E-state index is 12.3. The second kappa shape index (κ2) is 4.63. The minimum atomic E-state index is -0.527. The maximum atomic E-state index is 12.3. The molecule has 104 valence electrons. The Bertz CT molecular complexity index is 594. The van der Waals surface area contributed by atoms with Gasteiger partial charge in [-0.3, -0.25) is 19.9 Å². The summed E-state index contributed by atoms with van der Waals surface area (Å²) in [5, 5.41) is 3.97. The molecule has 2 atom stereocenters. The number of likely N-dealkylation sites (tertiary alicyclic amines) is 1. The minimum absolute atomic E-state index is 0.179. The lowest BCUT2D eigenvalue weighted by molar-refractivity contribution is -0.140. The number of nitrogens with zero attached hydrogens (tertiary/aromatic N) is 2. The normalized spacial score (nSPS) is 24.5. The van der Waals surface area contributed by atoms with Crippen LogP contribution in [0.15, 0.2) is 29.4 Å². The molecule has 1 aromatic carbocycles. The Kier molecular flexibility index (Phi) is 2.93. The van der Waals surface area contributed by atoms with Crippen LogP contribution in [0.1, 0.15) is 12.5 Å². The van der Waals surface area contributed by atoms with Crippen molar-refractivity contribution in [3.8, 4) is 5.75 Å². The molecule has 0 spiro atoms. The fourth-order valence-corrected chi connectivity index (χ4v) is 2.59. The molecule has 1 aromatic rings. The largest absolute Gasteiger partial charge is 0.497 e. The van der Waals surface area contributed by atoms with E-state index in [0.717, 1.165) is 11.3 Å². The van der Waals surface area contributed by atoms with E-state index >= 15 is 0 Å². The zero-order chi connectivity index (χ0) is 14.3. The number of carbonyl (C=O) groups is 2. The molecule has 6 heteroatoms. The number of amides is 2. The van der Waals surface area contributed by atoms with Crippen molar-refractivity contribution in [3.05, 3.63) is 29.8 Å². The van der Waals surface area contributed by atoms with Crippen LogP contribution in [0.4, 0.5) is 0 Å². The molecule has 1 N–H and O–H groups in total. The molecule has 0 saturated carbocycles. The van der Waals surface area contributed by atoms with Crippen LogP contribution in [0.2, 0.25) is 0 Å². The highest BCUT2D eigenvalue weighted by Crippen LogP contribution is 2.27. The summed E-state index contributed by atoms with van der Waals surface area (Å²) in [4.78, 5) is 25.8. The molecular formula is C14H15N3O3. The second-order valence-electron chi connectivity index (χ2n) is 4.95. The summed E-state index contributed by atoms with van der Waals surface area (Å²) < 4.78 is 5.08. The zero-order valence-electron chi connectivity index (χ0n) is 11.3. The molecule has 2 heterocycles. The Morgan fingerprint density at radius 1 is 1.25 bits per heavy atom. The molecule has 0 bridgehead atoms. The minimum Gasteiger partial charge on any atom is -0.497 e. The van der Waals surface area contributed by atoms with E-state index < -0.39 is 12.0 Å². The summed E-state index contributed by atoms with van der Waals surface area (Å²) in [5.74, 6) is -0.0893. The first-order chi connectivity index (χ1) is 9.61. The summed E-state index contributed by atoms with van der Waals surface area (Å²) in [6, 6.07) is 6.79. The molecule has 0 unspecified atom stereocenters. The average Bonchev–Trinajstić information content (AvgIpc) is 2.95. The summed E-state index contributed by atoms with van der Waals surface area (Å²) >= 11 is 0. The van der Waals surface area contributed by atoms with Crippen LogP contribution in [-0.4, -0.2) is 35.6 Å². The number of carbonyl (C=O) groups excluding carboxylic acids is 2. The summed E-state index contributed by atoms with van der Waals surface area (Å²) in [7, 11) is 1.59. The van der Waals surface area contributed by atoms with Crippen molar-refractivity contribution < 1.29 is 14.3 Å². The third kappa shape index (κ3) is 1.84. The van der Waals surface area contributed by atoms with Crippen molar-refractivity contribution in [2.45, 2.75) is 19.5 Å². The van der Waals surface area contributed by atoms with Crippen molar-refractivity contribution in [2.75, 3.05) is 7.11 Å². The van der Waals surface area contributed by atoms with E-state index in [-0.39, 0.29) is 18.4 Å². The van der Waals surface area contributed by atoms with E-state index in [1.54, 1.807) is 14.0 Å². The van der Waals surface area contributed by atoms with Gasteiger partial charge in [-0.1, -0.05) is 12.1 Å². The van der Waals surface area contributed by atoms with Gasteiger partial charge in [0, 0.05) is 5.71 Å². The molecule has 1 saturated heterocycles. The van der Waals surface area contributed by atoms with Gasteiger partial charge in [-0.05, 0) is 24.6 Å². The maximum Gasteiger partial charge on any atom is 0.254 e. The molecule has 2 amide bonds. The Labute approximate surface area is 116 Å². The van der Waals surface area contributed by atoms with Crippen LogP contribution < -0.4 is 10.2 Å². The molecule has 2 aliphatic heterocycles. The number of methoxy groups -OCH3 is 1. The fraction of sp³-hybridized carbons (Fsp3) is 0.357. The lowest BCUT2D eigenvalue weighted by Crippen LogP contribution is -2.35. The second-order valence-corrected chi connectivity index (χ2v) is 4.95. The van der Waals surface area contributed by atoms with E-state index in [0.29, 0.717) is 5.71 Å². The first-order valence-electron chi connectivity index (χ1n) is 6.39. The van der Waals surface area contributed by atoms with Gasteiger partial charge in [0.1, 0.15) is 17.7 Å². The summed E-state index contributed by atoms with van der Waals surface area (Å²) in [5.41, 5.74) is 4.30. The van der Waals surface area contributed by atoms with Gasteiger partial charge in [-0.2, -0.15) is 5.10 Å². The number of imide groups is 1. The van der Waals surface area contributed by atoms with E-state index in [1.165, 1.54) is 4.90 Å². The fourth-order valence-electron chi connectivity index (χ4n) is 2.59. The summed E-state index contributed by atoms with van der Waals surface area (Å²) in [6.07, 6.45) is 0. The van der Waals surface area contributed by atoms with Gasteiger partial charge >= 0.3 is 0 Å². The third-order valence-electron chi connectivity index (χ3n) is 3.73. The van der Waals surface area contributed by atoms with Crippen molar-refractivity contribution in [1.29, 1.82) is 0 Å². The monoisotopic (exact) mass is 273 g/mol. The molecule has 0 radical (unpaired) electrons. The van der Waals surface area contributed by atoms with Crippen molar-refractivity contribution >= 4 is 17.5 Å². The van der Waals surface area contributed by atoms with Gasteiger partial charge in [-0.25, -0.2) is 0 Å². The van der Waals surface area contributed by atoms with Crippen LogP contribution >= 0.6 is 0 Å². The number of nitrogens with one attached hydrogen (secondary N) is 1. The number of benzene rings is 1. The van der Waals surface area contributed by atoms with Crippen molar-refractivity contribution in [1.82, 2.24) is 10.3 Å². The van der Waals surface area contributed by atoms with Crippen LogP contribution in [0.25, 0.3) is 0 Å². The Morgan fingerprint density at radius 2 is 1.95 bits per heavy atom. The van der Waals surface area contributed by atoms with Gasteiger partial charge in [0.05, 0.1) is 13.7 Å². The molecular weight excluding hydrogens is 258 g/mol. The van der Waals surface area contributed by atoms with Crippen LogP contribution in [0, 0.1) is 5.92 Å². The number of hydrogen-bond acceptors (Lipinski definition) is 5. The quantitative estimate of drug-likeness (QED) is 0.815. The van der Waals surface area contributed by atoms with Gasteiger partial charge in [-0.15, -0.1) is 0 Å². The van der Waals surface area contributed by atoms with Gasteiger partial charge < -0.3 is 4.74 Å². The predicted molar refractivity (Wildman–Crippen MR) is 72.1 cm³/mol. The molecule has 0 aliphatic carbocycles. The average molecular weight is 273 g/mol. The molecule has 1 fully saturated rings. The van der Waals surface area contributed by atoms with E-state index in [4.69, 9.17) is 4.74 Å². The lowest BCUT2D eigenvalue weighted by atomic mass is 10.0. The van der Waals surface area contributed by atoms with E-state index in [1.807, 2.05) is 24.3 Å². The molecule has 0 aromatic heterocycles. The topological polar surface area (TPSA) is 71.0 Å². The smallest absolute Gasteiger partial charge is 0.254 e. The van der Waals surface area contributed by atoms with E-state index in [2.05, 4.69) is 10.5 Å². The van der Waals surface area contributed by atoms with Crippen molar-refractivity contribution in [2.24, 2.45) is 11.0 Å². The van der Waals surface area contributed by atoms with Gasteiger partial charge in [0.25, 0.3) is 5.91 Å².